The zero-order valence-electron chi connectivity index (χ0n) is 10.7. The van der Waals surface area contributed by atoms with Crippen LogP contribution in [0.25, 0.3) is 22.6 Å². The number of nitrogens with one attached hydrogen (secondary N) is 1. The molecule has 0 fully saturated rings. The molecule has 19 heavy (non-hydrogen) atoms. The van der Waals surface area contributed by atoms with E-state index in [4.69, 9.17) is 8.94 Å². The van der Waals surface area contributed by atoms with Gasteiger partial charge in [-0.1, -0.05) is 30.3 Å². The van der Waals surface area contributed by atoms with Gasteiger partial charge in [-0.2, -0.15) is 4.98 Å². The number of furan rings is 1. The number of likely N-dealkylation sites (N-methyl/N-ethyl adjacent to an activating group) is 1. The third-order valence-electron chi connectivity index (χ3n) is 2.88. The number of benzene rings is 1. The molecule has 3 rings (SSSR count). The minimum atomic E-state index is 0.502. The fourth-order valence-electron chi connectivity index (χ4n) is 1.92. The summed E-state index contributed by atoms with van der Waals surface area (Å²) in [5.41, 5.74) is 0.830. The molecule has 1 N–H and O–H groups in total. The summed E-state index contributed by atoms with van der Waals surface area (Å²) in [6.45, 7) is 3.83. The Balaban J connectivity index is 1.81. The first-order chi connectivity index (χ1) is 9.36. The molecule has 2 heterocycles. The van der Waals surface area contributed by atoms with Crippen LogP contribution < -0.4 is 5.32 Å². The van der Waals surface area contributed by atoms with Gasteiger partial charge in [0.1, 0.15) is 5.58 Å². The van der Waals surface area contributed by atoms with Crippen molar-refractivity contribution in [2.24, 2.45) is 0 Å². The van der Waals surface area contributed by atoms with Crippen LogP contribution in [0.2, 0.25) is 0 Å². The summed E-state index contributed by atoms with van der Waals surface area (Å²) < 4.78 is 10.9. The first kappa shape index (κ1) is 11.9. The highest BCUT2D eigenvalue weighted by Gasteiger charge is 2.12. The molecule has 98 valence electrons. The molecule has 1 aromatic carbocycles. The van der Waals surface area contributed by atoms with Gasteiger partial charge in [0.2, 0.25) is 11.7 Å². The summed E-state index contributed by atoms with van der Waals surface area (Å²) in [6, 6.07) is 9.75. The maximum atomic E-state index is 5.69. The van der Waals surface area contributed by atoms with Crippen molar-refractivity contribution in [3.8, 4) is 11.6 Å². The van der Waals surface area contributed by atoms with Crippen LogP contribution in [0.1, 0.15) is 12.8 Å². The van der Waals surface area contributed by atoms with E-state index in [-0.39, 0.29) is 0 Å². The Kier molecular flexibility index (Phi) is 3.29. The Morgan fingerprint density at radius 1 is 1.26 bits per heavy atom. The summed E-state index contributed by atoms with van der Waals surface area (Å²) in [5.74, 6) is 1.76. The van der Waals surface area contributed by atoms with Crippen LogP contribution in [0.15, 0.2) is 39.3 Å². The molecule has 0 unspecified atom stereocenters. The van der Waals surface area contributed by atoms with Crippen LogP contribution in [-0.2, 0) is 6.42 Å². The number of rotatable bonds is 5. The second-order valence-corrected chi connectivity index (χ2v) is 4.26. The first-order valence-corrected chi connectivity index (χ1v) is 6.39. The lowest BCUT2D eigenvalue weighted by Gasteiger charge is -1.94. The summed E-state index contributed by atoms with van der Waals surface area (Å²) >= 11 is 0. The molecule has 0 spiro atoms. The highest BCUT2D eigenvalue weighted by molar-refractivity contribution is 5.81. The van der Waals surface area contributed by atoms with Crippen molar-refractivity contribution in [2.45, 2.75) is 13.3 Å². The van der Waals surface area contributed by atoms with Crippen molar-refractivity contribution in [3.63, 3.8) is 0 Å². The molecule has 0 saturated carbocycles. The van der Waals surface area contributed by atoms with Gasteiger partial charge in [-0.3, -0.25) is 0 Å². The van der Waals surface area contributed by atoms with Gasteiger partial charge < -0.3 is 14.3 Å². The summed E-state index contributed by atoms with van der Waals surface area (Å²) in [4.78, 5) is 4.34. The molecule has 5 nitrogen and oxygen atoms in total. The lowest BCUT2D eigenvalue weighted by Crippen LogP contribution is -2.16. The molecule has 2 aromatic heterocycles. The van der Waals surface area contributed by atoms with E-state index in [0.29, 0.717) is 17.5 Å². The van der Waals surface area contributed by atoms with Crippen molar-refractivity contribution in [1.29, 1.82) is 0 Å². The summed E-state index contributed by atoms with van der Waals surface area (Å²) in [5, 5.41) is 8.21. The van der Waals surface area contributed by atoms with Crippen LogP contribution in [0.4, 0.5) is 0 Å². The molecule has 0 bridgehead atoms. The molecule has 0 aliphatic carbocycles. The molecule has 3 aromatic rings. The molecule has 0 atom stereocenters. The number of fused-ring (bicyclic) bond motifs is 1. The molecule has 0 radical (unpaired) electrons. The van der Waals surface area contributed by atoms with Crippen molar-refractivity contribution in [3.05, 3.63) is 36.2 Å². The zero-order chi connectivity index (χ0) is 13.1. The predicted octanol–water partition coefficient (Wildman–Crippen LogP) is 2.63. The van der Waals surface area contributed by atoms with E-state index in [1.165, 1.54) is 0 Å². The number of hydrogen-bond acceptors (Lipinski definition) is 5. The Labute approximate surface area is 110 Å². The molecule has 5 heteroatoms. The summed E-state index contributed by atoms with van der Waals surface area (Å²) in [6.07, 6.45) is 0.723. The lowest BCUT2D eigenvalue weighted by molar-refractivity contribution is 0.376. The molecule has 0 aliphatic rings. The Bertz CT molecular complexity index is 639. The highest BCUT2D eigenvalue weighted by Crippen LogP contribution is 2.25. The van der Waals surface area contributed by atoms with Gasteiger partial charge in [-0.15, -0.1) is 0 Å². The quantitative estimate of drug-likeness (QED) is 0.712. The maximum Gasteiger partial charge on any atom is 0.238 e. The standard InChI is InChI=1S/C14H15N3O2/c1-2-15-8-7-13-16-14(17-19-13)12-9-10-5-3-4-6-11(10)18-12/h3-6,9,15H,2,7-8H2,1H3. The van der Waals surface area contributed by atoms with Crippen molar-refractivity contribution >= 4 is 11.0 Å². The number of aromatic nitrogens is 2. The third-order valence-corrected chi connectivity index (χ3v) is 2.88. The van der Waals surface area contributed by atoms with Crippen molar-refractivity contribution < 1.29 is 8.94 Å². The Morgan fingerprint density at radius 3 is 3.00 bits per heavy atom. The van der Waals surface area contributed by atoms with Gasteiger partial charge in [0.15, 0.2) is 5.76 Å². The van der Waals surface area contributed by atoms with E-state index < -0.39 is 0 Å². The summed E-state index contributed by atoms with van der Waals surface area (Å²) in [7, 11) is 0. The van der Waals surface area contributed by atoms with Crippen LogP contribution >= 0.6 is 0 Å². The second kappa shape index (κ2) is 5.24. The van der Waals surface area contributed by atoms with E-state index >= 15 is 0 Å². The van der Waals surface area contributed by atoms with Crippen LogP contribution in [0, 0.1) is 0 Å². The lowest BCUT2D eigenvalue weighted by atomic mass is 10.2. The van der Waals surface area contributed by atoms with Crippen LogP contribution in [-0.4, -0.2) is 23.2 Å². The molecular weight excluding hydrogens is 242 g/mol. The van der Waals surface area contributed by atoms with Crippen LogP contribution in [0.5, 0.6) is 0 Å². The SMILES string of the molecule is CCNCCc1nc(-c2cc3ccccc3o2)no1. The van der Waals surface area contributed by atoms with Gasteiger partial charge in [0.05, 0.1) is 0 Å². The smallest absolute Gasteiger partial charge is 0.238 e. The van der Waals surface area contributed by atoms with Gasteiger partial charge in [0.25, 0.3) is 0 Å². The van der Waals surface area contributed by atoms with E-state index in [9.17, 15) is 0 Å². The van der Waals surface area contributed by atoms with Gasteiger partial charge >= 0.3 is 0 Å². The molecular formula is C14H15N3O2. The normalized spacial score (nSPS) is 11.2. The zero-order valence-corrected chi connectivity index (χ0v) is 10.7. The van der Waals surface area contributed by atoms with E-state index in [1.807, 2.05) is 30.3 Å². The molecule has 0 amide bonds. The molecule has 0 saturated heterocycles. The van der Waals surface area contributed by atoms with Crippen molar-refractivity contribution in [1.82, 2.24) is 15.5 Å². The maximum absolute atomic E-state index is 5.69. The third kappa shape index (κ3) is 2.51. The van der Waals surface area contributed by atoms with Gasteiger partial charge in [0, 0.05) is 18.4 Å². The topological polar surface area (TPSA) is 64.1 Å². The average Bonchev–Trinajstić information content (AvgIpc) is 3.04. The molecule has 0 aliphatic heterocycles. The Hall–Kier alpha value is -2.14. The fourth-order valence-corrected chi connectivity index (χ4v) is 1.92. The number of para-hydroxylation sites is 1. The van der Waals surface area contributed by atoms with E-state index in [2.05, 4.69) is 22.4 Å². The second-order valence-electron chi connectivity index (χ2n) is 4.26. The van der Waals surface area contributed by atoms with Gasteiger partial charge in [-0.25, -0.2) is 0 Å². The van der Waals surface area contributed by atoms with Gasteiger partial charge in [-0.05, 0) is 18.7 Å². The number of nitrogens with zero attached hydrogens (tertiary/aromatic N) is 2. The minimum absolute atomic E-state index is 0.502. The highest BCUT2D eigenvalue weighted by atomic mass is 16.5. The van der Waals surface area contributed by atoms with Crippen LogP contribution in [0.3, 0.4) is 0 Å². The predicted molar refractivity (Wildman–Crippen MR) is 71.8 cm³/mol. The minimum Gasteiger partial charge on any atom is -0.453 e. The monoisotopic (exact) mass is 257 g/mol. The Morgan fingerprint density at radius 2 is 2.16 bits per heavy atom. The number of hydrogen-bond donors (Lipinski definition) is 1. The van der Waals surface area contributed by atoms with E-state index in [1.54, 1.807) is 0 Å². The fraction of sp³-hybridized carbons (Fsp3) is 0.286. The average molecular weight is 257 g/mol. The van der Waals surface area contributed by atoms with Crippen molar-refractivity contribution in [2.75, 3.05) is 13.1 Å². The largest absolute Gasteiger partial charge is 0.453 e. The van der Waals surface area contributed by atoms with E-state index in [0.717, 1.165) is 30.5 Å². The first-order valence-electron chi connectivity index (χ1n) is 6.39.